The van der Waals surface area contributed by atoms with Crippen molar-refractivity contribution in [3.63, 3.8) is 0 Å². The molecular formula is C26H30FN3O2S. The van der Waals surface area contributed by atoms with E-state index >= 15 is 0 Å². The molecule has 3 amide bonds. The van der Waals surface area contributed by atoms with Crippen molar-refractivity contribution >= 4 is 23.3 Å². The van der Waals surface area contributed by atoms with Gasteiger partial charge in [-0.05, 0) is 61.0 Å². The van der Waals surface area contributed by atoms with Crippen LogP contribution in [0.25, 0.3) is 0 Å². The Morgan fingerprint density at radius 2 is 1.67 bits per heavy atom. The number of amides is 3. The van der Waals surface area contributed by atoms with E-state index in [1.807, 2.05) is 62.5 Å². The number of rotatable bonds is 9. The summed E-state index contributed by atoms with van der Waals surface area (Å²) in [6, 6.07) is 17.4. The van der Waals surface area contributed by atoms with Gasteiger partial charge in [-0.3, -0.25) is 4.79 Å². The minimum Gasteiger partial charge on any atom is -0.334 e. The molecular weight excluding hydrogens is 437 g/mol. The minimum atomic E-state index is -0.313. The zero-order valence-electron chi connectivity index (χ0n) is 19.3. The second-order valence-electron chi connectivity index (χ2n) is 8.27. The second kappa shape index (κ2) is 11.6. The molecule has 1 N–H and O–H groups in total. The summed E-state index contributed by atoms with van der Waals surface area (Å²) in [5.41, 5.74) is 2.95. The van der Waals surface area contributed by atoms with E-state index in [-0.39, 0.29) is 30.3 Å². The maximum absolute atomic E-state index is 13.4. The molecule has 0 aliphatic rings. The third kappa shape index (κ3) is 7.15. The van der Waals surface area contributed by atoms with Gasteiger partial charge in [0.1, 0.15) is 12.4 Å². The fourth-order valence-corrected chi connectivity index (χ4v) is 4.31. The predicted molar refractivity (Wildman–Crippen MR) is 130 cm³/mol. The van der Waals surface area contributed by atoms with Gasteiger partial charge in [-0.1, -0.05) is 42.5 Å². The molecule has 5 nitrogen and oxygen atoms in total. The second-order valence-corrected chi connectivity index (χ2v) is 9.27. The summed E-state index contributed by atoms with van der Waals surface area (Å²) in [5.74, 6) is -0.470. The van der Waals surface area contributed by atoms with Crippen molar-refractivity contribution in [1.29, 1.82) is 0 Å². The van der Waals surface area contributed by atoms with Crippen molar-refractivity contribution in [2.24, 2.45) is 0 Å². The minimum absolute atomic E-state index is 0.0378. The fourth-order valence-electron chi connectivity index (χ4n) is 3.39. The first-order chi connectivity index (χ1) is 15.8. The molecule has 0 saturated heterocycles. The van der Waals surface area contributed by atoms with Gasteiger partial charge in [0.2, 0.25) is 5.91 Å². The number of aryl methyl sites for hydroxylation is 1. The molecule has 3 rings (SSSR count). The van der Waals surface area contributed by atoms with Crippen LogP contribution >= 0.6 is 11.3 Å². The molecule has 174 valence electrons. The number of urea groups is 1. The van der Waals surface area contributed by atoms with Crippen LogP contribution in [0.2, 0.25) is 0 Å². The highest BCUT2D eigenvalue weighted by molar-refractivity contribution is 7.10. The molecule has 1 aromatic heterocycles. The summed E-state index contributed by atoms with van der Waals surface area (Å²) in [5, 5.41) is 4.91. The van der Waals surface area contributed by atoms with Crippen LogP contribution in [0.15, 0.2) is 66.0 Å². The Labute approximate surface area is 198 Å². The summed E-state index contributed by atoms with van der Waals surface area (Å²) in [6.07, 6.45) is 0. The number of thiophene rings is 1. The number of benzene rings is 2. The lowest BCUT2D eigenvalue weighted by Gasteiger charge is -2.30. The summed E-state index contributed by atoms with van der Waals surface area (Å²) in [4.78, 5) is 30.6. The molecule has 33 heavy (non-hydrogen) atoms. The highest BCUT2D eigenvalue weighted by atomic mass is 32.1. The predicted octanol–water partition coefficient (Wildman–Crippen LogP) is 5.34. The molecule has 0 fully saturated rings. The van der Waals surface area contributed by atoms with E-state index in [1.54, 1.807) is 33.3 Å². The zero-order chi connectivity index (χ0) is 23.8. The van der Waals surface area contributed by atoms with E-state index in [2.05, 4.69) is 5.32 Å². The van der Waals surface area contributed by atoms with Gasteiger partial charge in [-0.2, -0.15) is 0 Å². The molecule has 0 atom stereocenters. The molecule has 3 aromatic rings. The SMILES string of the molecule is Cc1ccsc1CN(Cc1ccc(F)cc1)C(=O)CN(C(=O)NCc1ccccc1)C(C)C. The van der Waals surface area contributed by atoms with E-state index in [0.29, 0.717) is 19.6 Å². The standard InChI is InChI=1S/C26H30FN3O2S/c1-19(2)30(26(32)28-15-21-7-5-4-6-8-21)18-25(31)29(17-24-20(3)13-14-33-24)16-22-9-11-23(27)12-10-22/h4-14,19H,15-18H2,1-3H3,(H,28,32). The monoisotopic (exact) mass is 467 g/mol. The molecule has 0 saturated carbocycles. The number of nitrogens with one attached hydrogen (secondary N) is 1. The van der Waals surface area contributed by atoms with Crippen LogP contribution in [0.3, 0.4) is 0 Å². The lowest BCUT2D eigenvalue weighted by molar-refractivity contribution is -0.133. The smallest absolute Gasteiger partial charge is 0.318 e. The van der Waals surface area contributed by atoms with E-state index in [1.165, 1.54) is 12.1 Å². The van der Waals surface area contributed by atoms with Crippen molar-refractivity contribution in [3.8, 4) is 0 Å². The van der Waals surface area contributed by atoms with Gasteiger partial charge in [0.25, 0.3) is 0 Å². The maximum atomic E-state index is 13.4. The van der Waals surface area contributed by atoms with Crippen molar-refractivity contribution in [3.05, 3.63) is 93.4 Å². The lowest BCUT2D eigenvalue weighted by atomic mass is 10.2. The van der Waals surface area contributed by atoms with Gasteiger partial charge in [0, 0.05) is 24.0 Å². The molecule has 0 spiro atoms. The highest BCUT2D eigenvalue weighted by Crippen LogP contribution is 2.20. The van der Waals surface area contributed by atoms with Crippen LogP contribution in [-0.4, -0.2) is 34.3 Å². The summed E-state index contributed by atoms with van der Waals surface area (Å²) >= 11 is 1.60. The van der Waals surface area contributed by atoms with E-state index in [0.717, 1.165) is 21.6 Å². The average molecular weight is 468 g/mol. The number of nitrogens with zero attached hydrogens (tertiary/aromatic N) is 2. The van der Waals surface area contributed by atoms with Crippen LogP contribution in [0.1, 0.15) is 35.4 Å². The van der Waals surface area contributed by atoms with Gasteiger partial charge < -0.3 is 15.1 Å². The van der Waals surface area contributed by atoms with Crippen molar-refractivity contribution in [2.75, 3.05) is 6.54 Å². The van der Waals surface area contributed by atoms with Crippen LogP contribution < -0.4 is 5.32 Å². The zero-order valence-corrected chi connectivity index (χ0v) is 20.1. The van der Waals surface area contributed by atoms with Gasteiger partial charge in [0.15, 0.2) is 0 Å². The molecule has 2 aromatic carbocycles. The molecule has 0 unspecified atom stereocenters. The average Bonchev–Trinajstić information content (AvgIpc) is 3.21. The Morgan fingerprint density at radius 1 is 0.970 bits per heavy atom. The Hall–Kier alpha value is -3.19. The Morgan fingerprint density at radius 3 is 2.27 bits per heavy atom. The van der Waals surface area contributed by atoms with Crippen LogP contribution in [0.4, 0.5) is 9.18 Å². The Bertz CT molecular complexity index is 1050. The summed E-state index contributed by atoms with van der Waals surface area (Å²) < 4.78 is 13.4. The van der Waals surface area contributed by atoms with E-state index < -0.39 is 0 Å². The quantitative estimate of drug-likeness (QED) is 0.462. The first kappa shape index (κ1) is 24.5. The Kier molecular flexibility index (Phi) is 8.60. The van der Waals surface area contributed by atoms with Crippen molar-refractivity contribution in [2.45, 2.75) is 46.4 Å². The summed E-state index contributed by atoms with van der Waals surface area (Å²) in [7, 11) is 0. The lowest BCUT2D eigenvalue weighted by Crippen LogP contribution is -2.49. The highest BCUT2D eigenvalue weighted by Gasteiger charge is 2.24. The number of hydrogen-bond acceptors (Lipinski definition) is 3. The molecule has 7 heteroatoms. The first-order valence-corrected chi connectivity index (χ1v) is 11.8. The summed E-state index contributed by atoms with van der Waals surface area (Å²) in [6.45, 7) is 6.94. The number of halogens is 1. The van der Waals surface area contributed by atoms with Gasteiger partial charge in [-0.15, -0.1) is 11.3 Å². The third-order valence-electron chi connectivity index (χ3n) is 5.42. The molecule has 0 aliphatic carbocycles. The van der Waals surface area contributed by atoms with Crippen LogP contribution in [-0.2, 0) is 24.4 Å². The van der Waals surface area contributed by atoms with Gasteiger partial charge in [-0.25, -0.2) is 9.18 Å². The number of carbonyl (C=O) groups is 2. The van der Waals surface area contributed by atoms with Gasteiger partial charge in [0.05, 0.1) is 6.54 Å². The van der Waals surface area contributed by atoms with Crippen LogP contribution in [0, 0.1) is 12.7 Å². The third-order valence-corrected chi connectivity index (χ3v) is 6.43. The number of hydrogen-bond donors (Lipinski definition) is 1. The van der Waals surface area contributed by atoms with Crippen LogP contribution in [0.5, 0.6) is 0 Å². The fraction of sp³-hybridized carbons (Fsp3) is 0.308. The van der Waals surface area contributed by atoms with E-state index in [9.17, 15) is 14.0 Å². The van der Waals surface area contributed by atoms with Crippen molar-refractivity contribution in [1.82, 2.24) is 15.1 Å². The topological polar surface area (TPSA) is 52.7 Å². The normalized spacial score (nSPS) is 10.8. The maximum Gasteiger partial charge on any atom is 0.318 e. The van der Waals surface area contributed by atoms with Gasteiger partial charge >= 0.3 is 6.03 Å². The Balaban J connectivity index is 1.72. The molecule has 0 bridgehead atoms. The van der Waals surface area contributed by atoms with E-state index in [4.69, 9.17) is 0 Å². The molecule has 0 radical (unpaired) electrons. The number of carbonyl (C=O) groups excluding carboxylic acids is 2. The molecule has 0 aliphatic heterocycles. The van der Waals surface area contributed by atoms with Crippen molar-refractivity contribution < 1.29 is 14.0 Å². The first-order valence-electron chi connectivity index (χ1n) is 11.0. The largest absolute Gasteiger partial charge is 0.334 e. The molecule has 1 heterocycles.